The quantitative estimate of drug-likeness (QED) is 0.431. The van der Waals surface area contributed by atoms with Crippen molar-refractivity contribution >= 4 is 15.9 Å². The van der Waals surface area contributed by atoms with Gasteiger partial charge in [-0.15, -0.1) is 3.89 Å². The van der Waals surface area contributed by atoms with Crippen molar-refractivity contribution in [3.63, 3.8) is 0 Å². The summed E-state index contributed by atoms with van der Waals surface area (Å²) in [5.41, 5.74) is -1.08. The zero-order chi connectivity index (χ0) is 10.9. The molecule has 0 spiro atoms. The topological polar surface area (TPSA) is 77.3 Å². The minimum absolute atomic E-state index is 0.324. The van der Waals surface area contributed by atoms with Crippen LogP contribution in [0.5, 0.6) is 0 Å². The second kappa shape index (κ2) is 3.29. The van der Waals surface area contributed by atoms with Gasteiger partial charge in [-0.05, 0) is 12.1 Å². The summed E-state index contributed by atoms with van der Waals surface area (Å²) in [4.78, 5) is 8.08. The van der Waals surface area contributed by atoms with Crippen LogP contribution in [-0.2, 0) is 10.2 Å². The summed E-state index contributed by atoms with van der Waals surface area (Å²) in [6, 6.07) is 1.45. The Morgan fingerprint density at radius 1 is 1.36 bits per heavy atom. The molecule has 0 saturated heterocycles. The fraction of sp³-hybridized carbons (Fsp3) is 0. The van der Waals surface area contributed by atoms with Crippen LogP contribution in [-0.4, -0.2) is 13.3 Å². The number of hydrogen-bond acceptors (Lipinski definition) is 4. The smallest absolute Gasteiger partial charge is 0.258 e. The molecule has 14 heavy (non-hydrogen) atoms. The molecule has 0 radical (unpaired) electrons. The maximum absolute atomic E-state index is 12.6. The minimum Gasteiger partial charge on any atom is -0.258 e. The molecule has 0 aliphatic rings. The Kier molecular flexibility index (Phi) is 2.47. The van der Waals surface area contributed by atoms with Gasteiger partial charge in [-0.1, -0.05) is 0 Å². The van der Waals surface area contributed by atoms with E-state index in [2.05, 4.69) is 0 Å². The molecule has 0 bridgehead atoms. The molecular formula is C6H3F2NO4S. The van der Waals surface area contributed by atoms with E-state index in [0.29, 0.717) is 18.2 Å². The third-order valence-corrected chi connectivity index (χ3v) is 2.21. The fourth-order valence-electron chi connectivity index (χ4n) is 0.784. The van der Waals surface area contributed by atoms with E-state index in [1.54, 1.807) is 0 Å². The maximum Gasteiger partial charge on any atom is 0.332 e. The summed E-state index contributed by atoms with van der Waals surface area (Å²) < 4.78 is 45.6. The summed E-state index contributed by atoms with van der Waals surface area (Å²) in [6.07, 6.45) is 0. The van der Waals surface area contributed by atoms with E-state index in [-0.39, 0.29) is 0 Å². The van der Waals surface area contributed by atoms with Crippen LogP contribution in [0.15, 0.2) is 23.1 Å². The van der Waals surface area contributed by atoms with E-state index >= 15 is 0 Å². The molecular weight excluding hydrogens is 220 g/mol. The molecule has 0 fully saturated rings. The van der Waals surface area contributed by atoms with Crippen molar-refractivity contribution in [3.8, 4) is 0 Å². The van der Waals surface area contributed by atoms with E-state index < -0.39 is 31.5 Å². The Hall–Kier alpha value is -1.57. The lowest BCUT2D eigenvalue weighted by molar-refractivity contribution is -0.387. The van der Waals surface area contributed by atoms with Crippen molar-refractivity contribution in [2.75, 3.05) is 0 Å². The molecule has 0 aliphatic heterocycles. The molecule has 5 nitrogen and oxygen atoms in total. The molecule has 1 rings (SSSR count). The van der Waals surface area contributed by atoms with Crippen molar-refractivity contribution in [3.05, 3.63) is 34.1 Å². The Bertz CT molecular complexity index is 485. The summed E-state index contributed by atoms with van der Waals surface area (Å²) in [5, 5.41) is 10.1. The van der Waals surface area contributed by atoms with E-state index in [4.69, 9.17) is 0 Å². The van der Waals surface area contributed by atoms with Crippen LogP contribution in [0.2, 0.25) is 0 Å². The number of nitrogens with zero attached hydrogens (tertiary/aromatic N) is 1. The fourth-order valence-corrected chi connectivity index (χ4v) is 1.27. The van der Waals surface area contributed by atoms with E-state index in [1.165, 1.54) is 0 Å². The summed E-state index contributed by atoms with van der Waals surface area (Å²) in [5.74, 6) is -1.22. The van der Waals surface area contributed by atoms with E-state index in [0.717, 1.165) is 0 Å². The normalized spacial score (nSPS) is 11.3. The van der Waals surface area contributed by atoms with Gasteiger partial charge >= 0.3 is 15.9 Å². The molecule has 8 heteroatoms. The van der Waals surface area contributed by atoms with Gasteiger partial charge in [0, 0.05) is 6.07 Å². The lowest BCUT2D eigenvalue weighted by Gasteiger charge is -1.96. The molecule has 0 unspecified atom stereocenters. The van der Waals surface area contributed by atoms with Crippen LogP contribution >= 0.6 is 0 Å². The number of benzene rings is 1. The van der Waals surface area contributed by atoms with Crippen molar-refractivity contribution in [2.45, 2.75) is 4.90 Å². The van der Waals surface area contributed by atoms with Crippen LogP contribution in [0.25, 0.3) is 0 Å². The third kappa shape index (κ3) is 2.02. The van der Waals surface area contributed by atoms with Crippen molar-refractivity contribution in [1.29, 1.82) is 0 Å². The van der Waals surface area contributed by atoms with Gasteiger partial charge in [-0.25, -0.2) is 0 Å². The molecule has 76 valence electrons. The van der Waals surface area contributed by atoms with Crippen molar-refractivity contribution < 1.29 is 21.6 Å². The van der Waals surface area contributed by atoms with Crippen molar-refractivity contribution in [2.24, 2.45) is 0 Å². The highest BCUT2D eigenvalue weighted by molar-refractivity contribution is 7.86. The number of nitro benzene ring substituents is 1. The Balaban J connectivity index is 3.42. The van der Waals surface area contributed by atoms with Gasteiger partial charge < -0.3 is 0 Å². The van der Waals surface area contributed by atoms with Crippen LogP contribution in [0, 0.1) is 15.9 Å². The number of hydrogen-bond donors (Lipinski definition) is 0. The zero-order valence-electron chi connectivity index (χ0n) is 6.48. The minimum atomic E-state index is -5.05. The zero-order valence-corrected chi connectivity index (χ0v) is 7.29. The van der Waals surface area contributed by atoms with Gasteiger partial charge in [0.05, 0.1) is 4.92 Å². The largest absolute Gasteiger partial charge is 0.332 e. The lowest BCUT2D eigenvalue weighted by atomic mass is 10.3. The highest BCUT2D eigenvalue weighted by atomic mass is 32.3. The maximum atomic E-state index is 12.6. The van der Waals surface area contributed by atoms with Gasteiger partial charge in [0.1, 0.15) is 4.90 Å². The summed E-state index contributed by atoms with van der Waals surface area (Å²) >= 11 is 0. The second-order valence-corrected chi connectivity index (χ2v) is 3.66. The molecule has 1 aromatic carbocycles. The average molecular weight is 223 g/mol. The number of halogens is 2. The Morgan fingerprint density at radius 2 is 1.93 bits per heavy atom. The molecule has 0 N–H and O–H groups in total. The first-order chi connectivity index (χ1) is 6.32. The predicted molar refractivity (Wildman–Crippen MR) is 41.3 cm³/mol. The first-order valence-corrected chi connectivity index (χ1v) is 4.59. The third-order valence-electron chi connectivity index (χ3n) is 1.40. The standard InChI is InChI=1S/C6H3F2NO4S/c7-5-2-1-4(14(8,12)13)3-6(5)9(10)11/h1-3H. The predicted octanol–water partition coefficient (Wildman–Crippen LogP) is 1.39. The lowest BCUT2D eigenvalue weighted by Crippen LogP contribution is -1.97. The monoisotopic (exact) mass is 223 g/mol. The average Bonchev–Trinajstić information content (AvgIpc) is 2.02. The van der Waals surface area contributed by atoms with Crippen LogP contribution in [0.4, 0.5) is 14.0 Å². The molecule has 0 aromatic heterocycles. The number of nitro groups is 1. The van der Waals surface area contributed by atoms with E-state index in [1.807, 2.05) is 0 Å². The van der Waals surface area contributed by atoms with Crippen LogP contribution < -0.4 is 0 Å². The summed E-state index contributed by atoms with van der Waals surface area (Å²) in [7, 11) is -5.05. The van der Waals surface area contributed by atoms with Crippen LogP contribution in [0.1, 0.15) is 0 Å². The van der Waals surface area contributed by atoms with Gasteiger partial charge in [-0.3, -0.25) is 10.1 Å². The molecule has 0 aliphatic carbocycles. The molecule has 1 aromatic rings. The van der Waals surface area contributed by atoms with Gasteiger partial charge in [0.25, 0.3) is 0 Å². The van der Waals surface area contributed by atoms with Crippen molar-refractivity contribution in [1.82, 2.24) is 0 Å². The van der Waals surface area contributed by atoms with Gasteiger partial charge in [-0.2, -0.15) is 12.8 Å². The number of rotatable bonds is 2. The SMILES string of the molecule is O=[N+]([O-])c1cc(S(=O)(=O)F)ccc1F. The first-order valence-electron chi connectivity index (χ1n) is 3.21. The van der Waals surface area contributed by atoms with E-state index in [9.17, 15) is 26.8 Å². The molecule has 0 saturated carbocycles. The molecule has 0 heterocycles. The first kappa shape index (κ1) is 10.5. The highest BCUT2D eigenvalue weighted by Gasteiger charge is 2.20. The Labute approximate surface area is 77.3 Å². The summed E-state index contributed by atoms with van der Waals surface area (Å²) in [6.45, 7) is 0. The van der Waals surface area contributed by atoms with Gasteiger partial charge in [0.15, 0.2) is 0 Å². The van der Waals surface area contributed by atoms with Crippen LogP contribution in [0.3, 0.4) is 0 Å². The second-order valence-electron chi connectivity index (χ2n) is 2.31. The molecule has 0 atom stereocenters. The highest BCUT2D eigenvalue weighted by Crippen LogP contribution is 2.22. The van der Waals surface area contributed by atoms with Gasteiger partial charge in [0.2, 0.25) is 5.82 Å². The molecule has 0 amide bonds. The Morgan fingerprint density at radius 3 is 2.36 bits per heavy atom.